The molecule has 1 aromatic rings. The highest BCUT2D eigenvalue weighted by Crippen LogP contribution is 2.68. The molecule has 1 fully saturated rings. The van der Waals surface area contributed by atoms with Crippen LogP contribution in [-0.2, 0) is 11.3 Å². The van der Waals surface area contributed by atoms with E-state index >= 15 is 0 Å². The van der Waals surface area contributed by atoms with Crippen molar-refractivity contribution in [2.45, 2.75) is 34.2 Å². The molecular weight excluding hydrogens is 262 g/mol. The monoisotopic (exact) mass is 285 g/mol. The highest BCUT2D eigenvalue weighted by molar-refractivity contribution is 5.84. The maximum atomic E-state index is 12.3. The number of hydrogen-bond acceptors (Lipinski definition) is 2. The molecule has 21 heavy (non-hydrogen) atoms. The predicted molar refractivity (Wildman–Crippen MR) is 83.3 cm³/mol. The lowest BCUT2D eigenvalue weighted by Gasteiger charge is -2.06. The van der Waals surface area contributed by atoms with Crippen molar-refractivity contribution in [3.8, 4) is 11.8 Å². The van der Waals surface area contributed by atoms with E-state index < -0.39 is 0 Å². The van der Waals surface area contributed by atoms with Crippen LogP contribution >= 0.6 is 0 Å². The summed E-state index contributed by atoms with van der Waals surface area (Å²) < 4.78 is 0. The Labute approximate surface area is 126 Å². The molecule has 1 amide bonds. The van der Waals surface area contributed by atoms with E-state index in [1.807, 2.05) is 24.3 Å². The molecule has 0 atom stereocenters. The fourth-order valence-electron chi connectivity index (χ4n) is 2.99. The maximum Gasteiger partial charge on any atom is 0.224 e. The van der Waals surface area contributed by atoms with E-state index in [0.29, 0.717) is 6.54 Å². The number of nitrogens with one attached hydrogen (secondary N) is 1. The van der Waals surface area contributed by atoms with Crippen molar-refractivity contribution in [2.24, 2.45) is 16.7 Å². The number of rotatable bonds is 3. The summed E-state index contributed by atoms with van der Waals surface area (Å²) in [6, 6.07) is 7.69. The molecule has 2 N–H and O–H groups in total. The molecule has 0 bridgehead atoms. The third-order valence-electron chi connectivity index (χ3n) is 5.02. The van der Waals surface area contributed by atoms with E-state index in [0.717, 1.165) is 11.1 Å². The molecule has 0 radical (unpaired) electrons. The number of aliphatic hydroxyl groups is 1. The molecule has 1 aliphatic rings. The Kier molecular flexibility index (Phi) is 4.11. The normalized spacial score (nSPS) is 18.5. The topological polar surface area (TPSA) is 49.3 Å². The Morgan fingerprint density at radius 1 is 1.19 bits per heavy atom. The van der Waals surface area contributed by atoms with Gasteiger partial charge < -0.3 is 10.4 Å². The van der Waals surface area contributed by atoms with Gasteiger partial charge in [0.15, 0.2) is 0 Å². The van der Waals surface area contributed by atoms with Crippen molar-refractivity contribution in [1.82, 2.24) is 5.32 Å². The van der Waals surface area contributed by atoms with Gasteiger partial charge in [-0.25, -0.2) is 0 Å². The van der Waals surface area contributed by atoms with Crippen molar-refractivity contribution in [2.75, 3.05) is 6.61 Å². The number of hydrogen-bond donors (Lipinski definition) is 2. The minimum atomic E-state index is -0.134. The molecule has 0 saturated heterocycles. The largest absolute Gasteiger partial charge is 0.384 e. The summed E-state index contributed by atoms with van der Waals surface area (Å²) in [6.07, 6.45) is 0. The Morgan fingerprint density at radius 2 is 1.76 bits per heavy atom. The molecule has 3 nitrogen and oxygen atoms in total. The van der Waals surface area contributed by atoms with Crippen LogP contribution in [0.3, 0.4) is 0 Å². The van der Waals surface area contributed by atoms with E-state index in [2.05, 4.69) is 44.9 Å². The van der Waals surface area contributed by atoms with Crippen molar-refractivity contribution < 1.29 is 9.90 Å². The van der Waals surface area contributed by atoms with Crippen molar-refractivity contribution in [3.63, 3.8) is 0 Å². The molecule has 112 valence electrons. The zero-order chi connectivity index (χ0) is 15.7. The van der Waals surface area contributed by atoms with Gasteiger partial charge in [-0.15, -0.1) is 0 Å². The smallest absolute Gasteiger partial charge is 0.224 e. The average Bonchev–Trinajstić information content (AvgIpc) is 2.85. The lowest BCUT2D eigenvalue weighted by molar-refractivity contribution is -0.123. The van der Waals surface area contributed by atoms with Crippen molar-refractivity contribution in [1.29, 1.82) is 0 Å². The number of amides is 1. The Balaban J connectivity index is 1.91. The lowest BCUT2D eigenvalue weighted by atomic mass is 10.0. The molecular formula is C18H23NO2. The van der Waals surface area contributed by atoms with Crippen molar-refractivity contribution >= 4 is 5.91 Å². The van der Waals surface area contributed by atoms with E-state index in [9.17, 15) is 4.79 Å². The highest BCUT2D eigenvalue weighted by Gasteiger charge is 2.68. The number of aliphatic hydroxyl groups excluding tert-OH is 1. The van der Waals surface area contributed by atoms with Crippen LogP contribution in [0.1, 0.15) is 38.8 Å². The minimum Gasteiger partial charge on any atom is -0.384 e. The predicted octanol–water partition coefficient (Wildman–Crippen LogP) is 2.33. The second kappa shape index (κ2) is 5.54. The zero-order valence-electron chi connectivity index (χ0n) is 13.2. The first kappa shape index (κ1) is 15.6. The summed E-state index contributed by atoms with van der Waals surface area (Å²) in [6.45, 7) is 8.98. The van der Waals surface area contributed by atoms with Crippen LogP contribution in [0, 0.1) is 28.6 Å². The van der Waals surface area contributed by atoms with Gasteiger partial charge in [0.25, 0.3) is 0 Å². The van der Waals surface area contributed by atoms with Gasteiger partial charge in [0, 0.05) is 18.0 Å². The molecule has 0 aromatic heterocycles. The fourth-order valence-corrected chi connectivity index (χ4v) is 2.99. The van der Waals surface area contributed by atoms with Crippen LogP contribution in [-0.4, -0.2) is 17.6 Å². The number of benzene rings is 1. The van der Waals surface area contributed by atoms with Crippen LogP contribution in [0.15, 0.2) is 24.3 Å². The Bertz CT molecular complexity index is 574. The molecule has 1 aromatic carbocycles. The highest BCUT2D eigenvalue weighted by atomic mass is 16.2. The maximum absolute atomic E-state index is 12.3. The fraction of sp³-hybridized carbons (Fsp3) is 0.500. The SMILES string of the molecule is CC1(C)C(C(=O)NCc2ccc(C#CCO)cc2)C1(C)C. The van der Waals surface area contributed by atoms with E-state index in [4.69, 9.17) is 5.11 Å². The molecule has 0 aliphatic heterocycles. The van der Waals surface area contributed by atoms with E-state index in [1.54, 1.807) is 0 Å². The van der Waals surface area contributed by atoms with Crippen LogP contribution in [0.25, 0.3) is 0 Å². The third-order valence-corrected chi connectivity index (χ3v) is 5.02. The molecule has 1 saturated carbocycles. The molecule has 0 spiro atoms. The van der Waals surface area contributed by atoms with Gasteiger partial charge in [0.05, 0.1) is 0 Å². The van der Waals surface area contributed by atoms with Crippen LogP contribution < -0.4 is 5.32 Å². The summed E-state index contributed by atoms with van der Waals surface area (Å²) in [5.74, 6) is 5.68. The summed E-state index contributed by atoms with van der Waals surface area (Å²) in [5, 5.41) is 11.7. The molecule has 0 heterocycles. The Hall–Kier alpha value is -1.79. The van der Waals surface area contributed by atoms with E-state index in [-0.39, 0.29) is 29.3 Å². The Morgan fingerprint density at radius 3 is 2.24 bits per heavy atom. The average molecular weight is 285 g/mol. The third kappa shape index (κ3) is 2.96. The summed E-state index contributed by atoms with van der Waals surface area (Å²) >= 11 is 0. The molecule has 1 aliphatic carbocycles. The number of carbonyl (C=O) groups is 1. The second-order valence-electron chi connectivity index (χ2n) is 6.75. The van der Waals surface area contributed by atoms with E-state index in [1.165, 1.54) is 0 Å². The minimum absolute atomic E-state index is 0.0703. The van der Waals surface area contributed by atoms with Crippen molar-refractivity contribution in [3.05, 3.63) is 35.4 Å². The molecule has 2 rings (SSSR count). The van der Waals surface area contributed by atoms with Crippen LogP contribution in [0.4, 0.5) is 0 Å². The number of carbonyl (C=O) groups excluding carboxylic acids is 1. The van der Waals surface area contributed by atoms with Crippen LogP contribution in [0.5, 0.6) is 0 Å². The molecule has 3 heteroatoms. The van der Waals surface area contributed by atoms with Gasteiger partial charge in [-0.2, -0.15) is 0 Å². The van der Waals surface area contributed by atoms with Gasteiger partial charge in [-0.1, -0.05) is 51.7 Å². The zero-order valence-corrected chi connectivity index (χ0v) is 13.2. The molecule has 0 unspecified atom stereocenters. The summed E-state index contributed by atoms with van der Waals surface area (Å²) in [4.78, 5) is 12.3. The lowest BCUT2D eigenvalue weighted by Crippen LogP contribution is -2.26. The first-order valence-electron chi connectivity index (χ1n) is 7.27. The van der Waals surface area contributed by atoms with Gasteiger partial charge in [0.2, 0.25) is 5.91 Å². The first-order chi connectivity index (χ1) is 9.80. The second-order valence-corrected chi connectivity index (χ2v) is 6.75. The first-order valence-corrected chi connectivity index (χ1v) is 7.27. The van der Waals surface area contributed by atoms with Gasteiger partial charge in [0.1, 0.15) is 6.61 Å². The summed E-state index contributed by atoms with van der Waals surface area (Å²) in [7, 11) is 0. The van der Waals surface area contributed by atoms with Crippen LogP contribution in [0.2, 0.25) is 0 Å². The van der Waals surface area contributed by atoms with Gasteiger partial charge in [-0.3, -0.25) is 4.79 Å². The summed E-state index contributed by atoms with van der Waals surface area (Å²) in [5.41, 5.74) is 2.06. The van der Waals surface area contributed by atoms with Gasteiger partial charge >= 0.3 is 0 Å². The van der Waals surface area contributed by atoms with Gasteiger partial charge in [-0.05, 0) is 28.5 Å². The standard InChI is InChI=1S/C18H23NO2/c1-17(2)15(18(17,3)4)16(21)19-12-14-9-7-13(8-10-14)6-5-11-20/h7-10,15,20H,11-12H2,1-4H3,(H,19,21). The quantitative estimate of drug-likeness (QED) is 0.837.